The number of nitrogens with zero attached hydrogens (tertiary/aromatic N) is 4. The van der Waals surface area contributed by atoms with E-state index in [4.69, 9.17) is 51.1 Å². The Bertz CT molecular complexity index is 1490. The lowest BCUT2D eigenvalue weighted by atomic mass is 9.88. The van der Waals surface area contributed by atoms with Crippen molar-refractivity contribution in [2.75, 3.05) is 0 Å². The van der Waals surface area contributed by atoms with Crippen LogP contribution in [0.1, 0.15) is 22.3 Å². The second-order valence-corrected chi connectivity index (χ2v) is 10.5. The molecule has 0 bridgehead atoms. The molecule has 39 heavy (non-hydrogen) atoms. The van der Waals surface area contributed by atoms with Gasteiger partial charge in [0.1, 0.15) is 12.2 Å². The average molecular weight is 604 g/mol. The van der Waals surface area contributed by atoms with Crippen LogP contribution >= 0.6 is 46.4 Å². The molecule has 13 heteroatoms. The summed E-state index contributed by atoms with van der Waals surface area (Å²) in [4.78, 5) is 17.6. The van der Waals surface area contributed by atoms with Crippen LogP contribution in [0.4, 0.5) is 0 Å². The number of nitro groups is 2. The van der Waals surface area contributed by atoms with E-state index in [9.17, 15) is 30.8 Å². The van der Waals surface area contributed by atoms with E-state index in [0.29, 0.717) is 0 Å². The summed E-state index contributed by atoms with van der Waals surface area (Å²) in [5.74, 6) is 0. The van der Waals surface area contributed by atoms with Crippen molar-refractivity contribution in [1.29, 1.82) is 10.5 Å². The maximum Gasteiger partial charge on any atom is 0.334 e. The highest BCUT2D eigenvalue weighted by Crippen LogP contribution is 2.45. The minimum atomic E-state index is -2.25. The second-order valence-electron chi connectivity index (χ2n) is 8.44. The fourth-order valence-corrected chi connectivity index (χ4v) is 5.48. The van der Waals surface area contributed by atoms with E-state index < -0.39 is 32.1 Å². The monoisotopic (exact) mass is 602 g/mol. The van der Waals surface area contributed by atoms with Crippen molar-refractivity contribution in [1.82, 2.24) is 0 Å². The van der Waals surface area contributed by atoms with Crippen LogP contribution in [0.5, 0.6) is 0 Å². The Morgan fingerprint density at radius 1 is 0.718 bits per heavy atom. The van der Waals surface area contributed by atoms with Crippen LogP contribution in [0, 0.1) is 42.9 Å². The fourth-order valence-electron chi connectivity index (χ4n) is 4.23. The molecule has 0 saturated heterocycles. The Hall–Kier alpha value is -3.70. The standard InChI is InChI=1S/C26H14Cl4N4O5/c27-21-11-25(29,33(35)36)9-19(17-7-3-1-5-15(17)13-31)23(21)39-24-20(18-8-4-2-6-16(18)14-32)10-26(30,34(37)38)12-22(24)28/h1-12,23-24H. The molecule has 4 rings (SSSR count). The van der Waals surface area contributed by atoms with Gasteiger partial charge in [0.25, 0.3) is 0 Å². The molecule has 2 aliphatic rings. The second kappa shape index (κ2) is 10.8. The number of ether oxygens (including phenoxy) is 1. The number of halogens is 4. The van der Waals surface area contributed by atoms with E-state index in [0.717, 1.165) is 24.3 Å². The highest BCUT2D eigenvalue weighted by atomic mass is 35.5. The summed E-state index contributed by atoms with van der Waals surface area (Å²) >= 11 is 25.6. The maximum atomic E-state index is 11.8. The largest absolute Gasteiger partial charge is 0.354 e. The third kappa shape index (κ3) is 5.28. The van der Waals surface area contributed by atoms with E-state index in [2.05, 4.69) is 0 Å². The summed E-state index contributed by atoms with van der Waals surface area (Å²) in [6.07, 6.45) is 1.67. The van der Waals surface area contributed by atoms with E-state index in [1.807, 2.05) is 12.1 Å². The van der Waals surface area contributed by atoms with Crippen LogP contribution in [0.2, 0.25) is 0 Å². The van der Waals surface area contributed by atoms with Gasteiger partial charge in [-0.05, 0) is 57.6 Å². The highest BCUT2D eigenvalue weighted by Gasteiger charge is 2.47. The molecule has 2 aromatic rings. The molecule has 0 aliphatic heterocycles. The zero-order valence-corrected chi connectivity index (χ0v) is 22.4. The molecule has 0 heterocycles. The Morgan fingerprint density at radius 3 is 1.41 bits per heavy atom. The number of rotatable bonds is 6. The Kier molecular flexibility index (Phi) is 7.85. The van der Waals surface area contributed by atoms with Gasteiger partial charge >= 0.3 is 10.00 Å². The number of hydrogen-bond acceptors (Lipinski definition) is 7. The summed E-state index contributed by atoms with van der Waals surface area (Å²) in [6, 6.07) is 16.6. The van der Waals surface area contributed by atoms with Gasteiger partial charge in [-0.25, -0.2) is 0 Å². The van der Waals surface area contributed by atoms with E-state index >= 15 is 0 Å². The molecule has 0 saturated carbocycles. The lowest BCUT2D eigenvalue weighted by molar-refractivity contribution is -0.514. The molecule has 0 N–H and O–H groups in total. The molecule has 4 atom stereocenters. The molecule has 2 aliphatic carbocycles. The average Bonchev–Trinajstić information content (AvgIpc) is 2.90. The summed E-state index contributed by atoms with van der Waals surface area (Å²) in [7, 11) is 0. The Morgan fingerprint density at radius 2 is 1.08 bits per heavy atom. The van der Waals surface area contributed by atoms with Gasteiger partial charge in [0.15, 0.2) is 0 Å². The van der Waals surface area contributed by atoms with Crippen molar-refractivity contribution in [2.45, 2.75) is 22.2 Å². The topological polar surface area (TPSA) is 143 Å². The van der Waals surface area contributed by atoms with Crippen LogP contribution in [0.15, 0.2) is 82.9 Å². The third-order valence-electron chi connectivity index (χ3n) is 6.01. The first-order valence-corrected chi connectivity index (χ1v) is 12.5. The van der Waals surface area contributed by atoms with E-state index in [1.54, 1.807) is 36.4 Å². The summed E-state index contributed by atoms with van der Waals surface area (Å²) in [5, 5.41) is 42.6. The Balaban J connectivity index is 1.91. The molecule has 0 aromatic heterocycles. The number of nitriles is 2. The van der Waals surface area contributed by atoms with Gasteiger partial charge in [0.2, 0.25) is 0 Å². The lowest BCUT2D eigenvalue weighted by Crippen LogP contribution is -2.38. The van der Waals surface area contributed by atoms with Gasteiger partial charge in [-0.2, -0.15) is 10.5 Å². The predicted octanol–water partition coefficient (Wildman–Crippen LogP) is 6.35. The highest BCUT2D eigenvalue weighted by molar-refractivity contribution is 6.35. The lowest BCUT2D eigenvalue weighted by Gasteiger charge is -2.34. The van der Waals surface area contributed by atoms with Gasteiger partial charge in [0, 0.05) is 24.3 Å². The molecule has 196 valence electrons. The van der Waals surface area contributed by atoms with Crippen LogP contribution < -0.4 is 0 Å². The zero-order valence-electron chi connectivity index (χ0n) is 19.4. The Labute approximate surface area is 241 Å². The molecular weight excluding hydrogens is 590 g/mol. The van der Waals surface area contributed by atoms with Gasteiger partial charge in [-0.15, -0.1) is 0 Å². The van der Waals surface area contributed by atoms with Crippen molar-refractivity contribution in [2.24, 2.45) is 0 Å². The summed E-state index contributed by atoms with van der Waals surface area (Å²) < 4.78 is 6.32. The molecule has 9 nitrogen and oxygen atoms in total. The molecule has 0 amide bonds. The van der Waals surface area contributed by atoms with E-state index in [1.165, 1.54) is 12.1 Å². The predicted molar refractivity (Wildman–Crippen MR) is 146 cm³/mol. The van der Waals surface area contributed by atoms with Gasteiger partial charge in [0.05, 0.1) is 43.2 Å². The molecule has 0 fully saturated rings. The number of alkyl halides is 2. The van der Waals surface area contributed by atoms with Crippen LogP contribution in [-0.4, -0.2) is 32.1 Å². The van der Waals surface area contributed by atoms with Crippen molar-refractivity contribution in [3.63, 3.8) is 0 Å². The van der Waals surface area contributed by atoms with Gasteiger partial charge in [-0.1, -0.05) is 59.6 Å². The van der Waals surface area contributed by atoms with Crippen LogP contribution in [0.3, 0.4) is 0 Å². The van der Waals surface area contributed by atoms with Crippen molar-refractivity contribution >= 4 is 57.5 Å². The van der Waals surface area contributed by atoms with Crippen LogP contribution in [0.25, 0.3) is 11.1 Å². The minimum Gasteiger partial charge on any atom is -0.354 e. The molecule has 4 unspecified atom stereocenters. The van der Waals surface area contributed by atoms with Crippen molar-refractivity contribution < 1.29 is 14.6 Å². The van der Waals surface area contributed by atoms with Crippen molar-refractivity contribution in [3.05, 3.63) is 125 Å². The van der Waals surface area contributed by atoms with Gasteiger partial charge in [-0.3, -0.25) is 20.2 Å². The normalized spacial score (nSPS) is 26.2. The first-order chi connectivity index (χ1) is 18.4. The van der Waals surface area contributed by atoms with Crippen LogP contribution in [-0.2, 0) is 4.74 Å². The molecule has 0 spiro atoms. The fraction of sp³-hybridized carbons (Fsp3) is 0.154. The smallest absolute Gasteiger partial charge is 0.334 e. The SMILES string of the molecule is N#Cc1ccccc1C1=CC(Cl)([N+](=O)[O-])C=C(Cl)C1OC1C(Cl)=CC(Cl)([N+](=O)[O-])C=C1c1ccccc1C#N. The van der Waals surface area contributed by atoms with Crippen molar-refractivity contribution in [3.8, 4) is 12.1 Å². The number of hydrogen-bond donors (Lipinski definition) is 0. The van der Waals surface area contributed by atoms with Gasteiger partial charge < -0.3 is 4.74 Å². The number of benzene rings is 2. The molecule has 2 aromatic carbocycles. The quantitative estimate of drug-likeness (QED) is 0.162. The first kappa shape index (κ1) is 28.3. The summed E-state index contributed by atoms with van der Waals surface area (Å²) in [5.41, 5.74) is 1.05. The maximum absolute atomic E-state index is 11.8. The molecule has 0 radical (unpaired) electrons. The first-order valence-electron chi connectivity index (χ1n) is 11.0. The third-order valence-corrected chi connectivity index (χ3v) is 7.34. The van der Waals surface area contributed by atoms with E-state index in [-0.39, 0.29) is 43.5 Å². The zero-order chi connectivity index (χ0) is 28.5. The minimum absolute atomic E-state index is 0.0979. The summed E-state index contributed by atoms with van der Waals surface area (Å²) in [6.45, 7) is 0. The molecular formula is C26H14Cl4N4O5.